The number of nitrogens with one attached hydrogen (secondary N) is 2. The van der Waals surface area contributed by atoms with Crippen molar-refractivity contribution in [2.24, 2.45) is 0 Å². The lowest BCUT2D eigenvalue weighted by molar-refractivity contribution is -0.132. The Bertz CT molecular complexity index is 1010. The Kier molecular flexibility index (Phi) is 5.61. The van der Waals surface area contributed by atoms with Crippen LogP contribution in [0.5, 0.6) is 0 Å². The molecule has 0 saturated heterocycles. The highest BCUT2D eigenvalue weighted by atomic mass is 16.2. The molecule has 138 valence electrons. The second-order valence-corrected chi connectivity index (χ2v) is 6.22. The molecule has 2 N–H and O–H groups in total. The molecule has 0 aliphatic carbocycles. The molecule has 0 radical (unpaired) electrons. The fourth-order valence-electron chi connectivity index (χ4n) is 2.68. The molecule has 0 saturated carbocycles. The van der Waals surface area contributed by atoms with Crippen LogP contribution in [0, 0.1) is 0 Å². The average Bonchev–Trinajstić information content (AvgIpc) is 2.67. The van der Waals surface area contributed by atoms with Gasteiger partial charge < -0.3 is 15.2 Å². The monoisotopic (exact) mass is 364 g/mol. The molecule has 0 unspecified atom stereocenters. The molecule has 0 bridgehead atoms. The van der Waals surface area contributed by atoms with E-state index in [-0.39, 0.29) is 36.9 Å². The summed E-state index contributed by atoms with van der Waals surface area (Å²) in [5.74, 6) is -0.0995. The molecule has 3 aromatic rings. The van der Waals surface area contributed by atoms with E-state index < -0.39 is 0 Å². The molecule has 0 aliphatic rings. The first kappa shape index (κ1) is 18.3. The molecular formula is C20H20N4O3. The summed E-state index contributed by atoms with van der Waals surface area (Å²) >= 11 is 0. The molecule has 2 aromatic carbocycles. The van der Waals surface area contributed by atoms with E-state index in [4.69, 9.17) is 0 Å². The maximum Gasteiger partial charge on any atom is 0.258 e. The van der Waals surface area contributed by atoms with Gasteiger partial charge in [-0.05, 0) is 17.7 Å². The van der Waals surface area contributed by atoms with Crippen LogP contribution in [-0.4, -0.2) is 40.3 Å². The topological polar surface area (TPSA) is 95.2 Å². The van der Waals surface area contributed by atoms with Gasteiger partial charge >= 0.3 is 0 Å². The Labute approximate surface area is 156 Å². The highest BCUT2D eigenvalue weighted by molar-refractivity contribution is 5.85. The van der Waals surface area contributed by atoms with E-state index in [2.05, 4.69) is 15.3 Å². The van der Waals surface area contributed by atoms with Crippen molar-refractivity contribution >= 4 is 22.7 Å². The van der Waals surface area contributed by atoms with Crippen LogP contribution in [-0.2, 0) is 22.6 Å². The van der Waals surface area contributed by atoms with Crippen LogP contribution in [0.3, 0.4) is 0 Å². The van der Waals surface area contributed by atoms with E-state index in [1.165, 1.54) is 4.90 Å². The summed E-state index contributed by atoms with van der Waals surface area (Å²) in [6.45, 7) is 0.0352. The lowest BCUT2D eigenvalue weighted by Crippen LogP contribution is -2.38. The maximum absolute atomic E-state index is 12.2. The van der Waals surface area contributed by atoms with Crippen LogP contribution in [0.25, 0.3) is 10.9 Å². The largest absolute Gasteiger partial charge is 0.347 e. The Hall–Kier alpha value is -3.48. The molecule has 0 fully saturated rings. The van der Waals surface area contributed by atoms with E-state index in [0.29, 0.717) is 16.7 Å². The Morgan fingerprint density at radius 1 is 1.07 bits per heavy atom. The zero-order chi connectivity index (χ0) is 19.2. The van der Waals surface area contributed by atoms with Gasteiger partial charge in [-0.3, -0.25) is 14.4 Å². The zero-order valence-electron chi connectivity index (χ0n) is 14.9. The van der Waals surface area contributed by atoms with Crippen molar-refractivity contribution < 1.29 is 9.59 Å². The highest BCUT2D eigenvalue weighted by Crippen LogP contribution is 2.06. The van der Waals surface area contributed by atoms with E-state index in [1.54, 1.807) is 31.3 Å². The van der Waals surface area contributed by atoms with Gasteiger partial charge in [0.15, 0.2) is 0 Å². The number of fused-ring (bicyclic) bond motifs is 1. The van der Waals surface area contributed by atoms with Gasteiger partial charge in [0.2, 0.25) is 11.8 Å². The molecule has 0 atom stereocenters. The predicted molar refractivity (Wildman–Crippen MR) is 102 cm³/mol. The fourth-order valence-corrected chi connectivity index (χ4v) is 2.68. The quantitative estimate of drug-likeness (QED) is 0.688. The summed E-state index contributed by atoms with van der Waals surface area (Å²) in [6, 6.07) is 16.3. The minimum Gasteiger partial charge on any atom is -0.347 e. The number of carbonyl (C=O) groups excluding carboxylic acids is 2. The average molecular weight is 364 g/mol. The summed E-state index contributed by atoms with van der Waals surface area (Å²) in [4.78, 5) is 44.7. The van der Waals surface area contributed by atoms with E-state index in [9.17, 15) is 14.4 Å². The van der Waals surface area contributed by atoms with Crippen LogP contribution < -0.4 is 10.9 Å². The van der Waals surface area contributed by atoms with Gasteiger partial charge in [-0.15, -0.1) is 0 Å². The van der Waals surface area contributed by atoms with Gasteiger partial charge in [0.25, 0.3) is 5.56 Å². The number of para-hydroxylation sites is 1. The van der Waals surface area contributed by atoms with Gasteiger partial charge in [0.1, 0.15) is 5.82 Å². The molecule has 0 aliphatic heterocycles. The van der Waals surface area contributed by atoms with Crippen molar-refractivity contribution in [3.8, 4) is 0 Å². The molecular weight excluding hydrogens is 344 g/mol. The van der Waals surface area contributed by atoms with Crippen molar-refractivity contribution in [2.45, 2.75) is 13.0 Å². The molecule has 1 heterocycles. The fraction of sp³-hybridized carbons (Fsp3) is 0.200. The number of rotatable bonds is 6. The summed E-state index contributed by atoms with van der Waals surface area (Å²) in [7, 11) is 1.60. The number of H-pyrrole nitrogens is 1. The third-order valence-electron chi connectivity index (χ3n) is 4.12. The number of amides is 2. The van der Waals surface area contributed by atoms with Crippen LogP contribution in [0.15, 0.2) is 59.4 Å². The number of benzene rings is 2. The Morgan fingerprint density at radius 2 is 1.78 bits per heavy atom. The molecule has 1 aromatic heterocycles. The number of aromatic amines is 1. The first-order valence-electron chi connectivity index (χ1n) is 8.55. The smallest absolute Gasteiger partial charge is 0.258 e. The number of hydrogen-bond acceptors (Lipinski definition) is 4. The molecule has 7 heteroatoms. The molecule has 7 nitrogen and oxygen atoms in total. The third kappa shape index (κ3) is 4.78. The second kappa shape index (κ2) is 8.27. The van der Waals surface area contributed by atoms with Crippen LogP contribution in [0.4, 0.5) is 0 Å². The number of likely N-dealkylation sites (N-methyl/N-ethyl adjacent to an activating group) is 1. The summed E-state index contributed by atoms with van der Waals surface area (Å²) in [6.07, 6.45) is 0.220. The van der Waals surface area contributed by atoms with E-state index in [1.807, 2.05) is 30.3 Å². The van der Waals surface area contributed by atoms with Crippen LogP contribution >= 0.6 is 0 Å². The zero-order valence-corrected chi connectivity index (χ0v) is 14.9. The van der Waals surface area contributed by atoms with Gasteiger partial charge in [0.05, 0.1) is 30.4 Å². The van der Waals surface area contributed by atoms with Crippen molar-refractivity contribution in [3.05, 3.63) is 76.3 Å². The lowest BCUT2D eigenvalue weighted by Gasteiger charge is -2.17. The second-order valence-electron chi connectivity index (χ2n) is 6.22. The van der Waals surface area contributed by atoms with Crippen molar-refractivity contribution in [3.63, 3.8) is 0 Å². The summed E-state index contributed by atoms with van der Waals surface area (Å²) < 4.78 is 0. The molecule has 27 heavy (non-hydrogen) atoms. The van der Waals surface area contributed by atoms with Gasteiger partial charge in [-0.1, -0.05) is 42.5 Å². The van der Waals surface area contributed by atoms with E-state index >= 15 is 0 Å². The van der Waals surface area contributed by atoms with Gasteiger partial charge in [-0.25, -0.2) is 4.98 Å². The van der Waals surface area contributed by atoms with E-state index in [0.717, 1.165) is 5.56 Å². The summed E-state index contributed by atoms with van der Waals surface area (Å²) in [5, 5.41) is 3.12. The number of carbonyl (C=O) groups is 2. The molecule has 0 spiro atoms. The highest BCUT2D eigenvalue weighted by Gasteiger charge is 2.13. The van der Waals surface area contributed by atoms with Crippen LogP contribution in [0.2, 0.25) is 0 Å². The number of hydrogen-bond donors (Lipinski definition) is 2. The summed E-state index contributed by atoms with van der Waals surface area (Å²) in [5.41, 5.74) is 1.22. The van der Waals surface area contributed by atoms with Gasteiger partial charge in [-0.2, -0.15) is 0 Å². The van der Waals surface area contributed by atoms with Crippen molar-refractivity contribution in [1.82, 2.24) is 20.2 Å². The number of nitrogens with zero attached hydrogens (tertiary/aromatic N) is 2. The first-order valence-corrected chi connectivity index (χ1v) is 8.55. The minimum absolute atomic E-state index is 0.111. The normalized spacial score (nSPS) is 10.6. The van der Waals surface area contributed by atoms with Gasteiger partial charge in [0, 0.05) is 7.05 Å². The standard InChI is InChI=1S/C20H20N4O3/c1-24(13-17-22-16-10-6-5-9-15(16)20(27)23-17)19(26)12-21-18(25)11-14-7-3-2-4-8-14/h2-10H,11-13H2,1H3,(H,21,25)(H,22,23,27). The minimum atomic E-state index is -0.271. The molecule has 3 rings (SSSR count). The Balaban J connectivity index is 1.56. The van der Waals surface area contributed by atoms with Crippen molar-refractivity contribution in [1.29, 1.82) is 0 Å². The van der Waals surface area contributed by atoms with Crippen LogP contribution in [0.1, 0.15) is 11.4 Å². The molecule has 2 amide bonds. The lowest BCUT2D eigenvalue weighted by atomic mass is 10.1. The predicted octanol–water partition coefficient (Wildman–Crippen LogP) is 1.24. The Morgan fingerprint density at radius 3 is 2.56 bits per heavy atom. The number of aromatic nitrogens is 2. The maximum atomic E-state index is 12.2. The third-order valence-corrected chi connectivity index (χ3v) is 4.12. The van der Waals surface area contributed by atoms with Crippen molar-refractivity contribution in [2.75, 3.05) is 13.6 Å². The first-order chi connectivity index (χ1) is 13.0. The SMILES string of the molecule is CN(Cc1nc2ccccc2c(=O)[nH]1)C(=O)CNC(=O)Cc1ccccc1.